The lowest BCUT2D eigenvalue weighted by atomic mass is 10.1. The molecule has 30 heavy (non-hydrogen) atoms. The number of nitrogens with one attached hydrogen (secondary N) is 3. The molecule has 2 aromatic rings. The zero-order valence-corrected chi connectivity index (χ0v) is 20.5. The molecule has 1 saturated carbocycles. The number of amides is 1. The summed E-state index contributed by atoms with van der Waals surface area (Å²) >= 11 is 1.67. The van der Waals surface area contributed by atoms with Crippen LogP contribution in [-0.2, 0) is 4.79 Å². The minimum absolute atomic E-state index is 0. The normalized spacial score (nSPS) is 19.7. The number of anilines is 1. The highest BCUT2D eigenvalue weighted by Gasteiger charge is 2.32. The maximum Gasteiger partial charge on any atom is 0.225 e. The maximum absolute atomic E-state index is 12.6. The number of hydrogen-bond acceptors (Lipinski definition) is 5. The fraction of sp³-hybridized carbons (Fsp3) is 0.571. The number of fused-ring (bicyclic) bond motifs is 1. The summed E-state index contributed by atoms with van der Waals surface area (Å²) in [5.74, 6) is 1.41. The molecule has 9 heteroatoms. The van der Waals surface area contributed by atoms with Gasteiger partial charge in [-0.3, -0.25) is 9.79 Å². The highest BCUT2D eigenvalue weighted by atomic mass is 127. The highest BCUT2D eigenvalue weighted by Crippen LogP contribution is 2.28. The van der Waals surface area contributed by atoms with Gasteiger partial charge < -0.3 is 20.9 Å². The van der Waals surface area contributed by atoms with Crippen LogP contribution in [0.25, 0.3) is 10.2 Å². The number of guanidine groups is 1. The third-order valence-corrected chi connectivity index (χ3v) is 6.75. The van der Waals surface area contributed by atoms with Gasteiger partial charge in [-0.25, -0.2) is 4.98 Å². The van der Waals surface area contributed by atoms with E-state index in [0.717, 1.165) is 62.0 Å². The third-order valence-electron chi connectivity index (χ3n) is 5.76. The third kappa shape index (κ3) is 5.75. The molecule has 1 aliphatic carbocycles. The van der Waals surface area contributed by atoms with Crippen molar-refractivity contribution in [1.82, 2.24) is 20.5 Å². The van der Waals surface area contributed by atoms with Crippen LogP contribution in [0.5, 0.6) is 0 Å². The van der Waals surface area contributed by atoms with Crippen molar-refractivity contribution in [3.63, 3.8) is 0 Å². The quantitative estimate of drug-likeness (QED) is 0.226. The molecular weight excluding hydrogens is 511 g/mol. The second-order valence-electron chi connectivity index (χ2n) is 7.81. The van der Waals surface area contributed by atoms with E-state index in [0.29, 0.717) is 5.91 Å². The number of aromatic nitrogens is 1. The molecule has 1 atom stereocenters. The number of rotatable bonds is 6. The first-order chi connectivity index (χ1) is 14.2. The Morgan fingerprint density at radius 2 is 2.03 bits per heavy atom. The first kappa shape index (κ1) is 23.1. The van der Waals surface area contributed by atoms with Gasteiger partial charge in [0.1, 0.15) is 0 Å². The second-order valence-corrected chi connectivity index (χ2v) is 8.84. The number of thiazole rings is 1. The van der Waals surface area contributed by atoms with Crippen LogP contribution in [0.3, 0.4) is 0 Å². The Morgan fingerprint density at radius 1 is 1.23 bits per heavy atom. The summed E-state index contributed by atoms with van der Waals surface area (Å²) in [5, 5.41) is 11.1. The van der Waals surface area contributed by atoms with E-state index in [9.17, 15) is 4.79 Å². The van der Waals surface area contributed by atoms with Gasteiger partial charge in [0.2, 0.25) is 5.91 Å². The first-order valence-corrected chi connectivity index (χ1v) is 11.4. The summed E-state index contributed by atoms with van der Waals surface area (Å²) in [4.78, 5) is 23.6. The van der Waals surface area contributed by atoms with E-state index in [1.54, 1.807) is 18.4 Å². The van der Waals surface area contributed by atoms with Crippen molar-refractivity contribution in [2.45, 2.75) is 38.1 Å². The largest absolute Gasteiger partial charge is 0.360 e. The number of carbonyl (C=O) groups is 1. The molecule has 2 aliphatic rings. The van der Waals surface area contributed by atoms with Gasteiger partial charge >= 0.3 is 0 Å². The van der Waals surface area contributed by atoms with Crippen LogP contribution in [0.15, 0.2) is 29.3 Å². The van der Waals surface area contributed by atoms with Gasteiger partial charge in [0.25, 0.3) is 0 Å². The fourth-order valence-corrected chi connectivity index (χ4v) is 5.09. The molecule has 2 fully saturated rings. The number of para-hydroxylation sites is 1. The average Bonchev–Trinajstić information content (AvgIpc) is 3.50. The average molecular weight is 542 g/mol. The Balaban J connectivity index is 0.00000256. The summed E-state index contributed by atoms with van der Waals surface area (Å²) in [6.07, 6.45) is 5.51. The van der Waals surface area contributed by atoms with E-state index >= 15 is 0 Å². The summed E-state index contributed by atoms with van der Waals surface area (Å²) in [5.41, 5.74) is 1.03. The molecule has 2 heterocycles. The molecule has 1 aliphatic heterocycles. The SMILES string of the molecule is CN=C(NCCNc1nc2ccccc2s1)NC1CCN(C(=O)C2CCCC2)C1.I. The van der Waals surface area contributed by atoms with Crippen molar-refractivity contribution in [3.8, 4) is 0 Å². The van der Waals surface area contributed by atoms with Crippen LogP contribution in [0.1, 0.15) is 32.1 Å². The molecule has 1 amide bonds. The molecule has 1 saturated heterocycles. The van der Waals surface area contributed by atoms with E-state index in [1.165, 1.54) is 17.5 Å². The molecule has 0 spiro atoms. The van der Waals surface area contributed by atoms with E-state index in [4.69, 9.17) is 0 Å². The molecular formula is C21H31IN6OS. The van der Waals surface area contributed by atoms with E-state index in [2.05, 4.69) is 32.0 Å². The van der Waals surface area contributed by atoms with Gasteiger partial charge in [-0.05, 0) is 31.4 Å². The van der Waals surface area contributed by atoms with Crippen LogP contribution in [0, 0.1) is 5.92 Å². The lowest BCUT2D eigenvalue weighted by molar-refractivity contribution is -0.134. The number of hydrogen-bond donors (Lipinski definition) is 3. The molecule has 0 bridgehead atoms. The highest BCUT2D eigenvalue weighted by molar-refractivity contribution is 14.0. The van der Waals surface area contributed by atoms with Crippen molar-refractivity contribution in [1.29, 1.82) is 0 Å². The Kier molecular flexibility index (Phi) is 8.55. The Hall–Kier alpha value is -1.62. The Bertz CT molecular complexity index is 833. The topological polar surface area (TPSA) is 81.7 Å². The lowest BCUT2D eigenvalue weighted by Crippen LogP contribution is -2.46. The number of benzene rings is 1. The fourth-order valence-electron chi connectivity index (χ4n) is 4.20. The Labute approximate surface area is 199 Å². The van der Waals surface area contributed by atoms with E-state index in [1.807, 2.05) is 23.1 Å². The van der Waals surface area contributed by atoms with Crippen LogP contribution in [0.4, 0.5) is 5.13 Å². The lowest BCUT2D eigenvalue weighted by Gasteiger charge is -2.21. The maximum atomic E-state index is 12.6. The van der Waals surface area contributed by atoms with Gasteiger partial charge in [-0.2, -0.15) is 0 Å². The van der Waals surface area contributed by atoms with Crippen molar-refractivity contribution in [3.05, 3.63) is 24.3 Å². The molecule has 3 N–H and O–H groups in total. The minimum atomic E-state index is 0. The van der Waals surface area contributed by atoms with E-state index < -0.39 is 0 Å². The first-order valence-electron chi connectivity index (χ1n) is 10.6. The molecule has 164 valence electrons. The molecule has 0 radical (unpaired) electrons. The van der Waals surface area contributed by atoms with E-state index in [-0.39, 0.29) is 35.9 Å². The zero-order valence-electron chi connectivity index (χ0n) is 17.4. The predicted molar refractivity (Wildman–Crippen MR) is 135 cm³/mol. The summed E-state index contributed by atoms with van der Waals surface area (Å²) in [6, 6.07) is 8.43. The summed E-state index contributed by atoms with van der Waals surface area (Å²) in [6.45, 7) is 3.13. The van der Waals surface area contributed by atoms with Crippen LogP contribution in [0.2, 0.25) is 0 Å². The van der Waals surface area contributed by atoms with Crippen molar-refractivity contribution >= 4 is 62.5 Å². The second kappa shape index (κ2) is 11.1. The van der Waals surface area contributed by atoms with Crippen LogP contribution >= 0.6 is 35.3 Å². The van der Waals surface area contributed by atoms with Gasteiger partial charge in [-0.1, -0.05) is 36.3 Å². The molecule has 1 aromatic carbocycles. The van der Waals surface area contributed by atoms with Crippen molar-refractivity contribution < 1.29 is 4.79 Å². The van der Waals surface area contributed by atoms with Crippen LogP contribution in [-0.4, -0.2) is 61.0 Å². The molecule has 1 aromatic heterocycles. The van der Waals surface area contributed by atoms with Crippen molar-refractivity contribution in [2.75, 3.05) is 38.5 Å². The standard InChI is InChI=1S/C21H30N6OS.HI/c1-22-20(23-11-12-24-21-26-17-8-4-5-9-18(17)29-21)25-16-10-13-27(14-16)19(28)15-6-2-3-7-15;/h4-5,8-9,15-16H,2-3,6-7,10-14H2,1H3,(H,24,26)(H2,22,23,25);1H. The predicted octanol–water partition coefficient (Wildman–Crippen LogP) is 3.28. The molecule has 7 nitrogen and oxygen atoms in total. The summed E-state index contributed by atoms with van der Waals surface area (Å²) in [7, 11) is 1.78. The smallest absolute Gasteiger partial charge is 0.225 e. The monoisotopic (exact) mass is 542 g/mol. The Morgan fingerprint density at radius 3 is 2.80 bits per heavy atom. The summed E-state index contributed by atoms with van der Waals surface area (Å²) < 4.78 is 1.19. The minimum Gasteiger partial charge on any atom is -0.360 e. The van der Waals surface area contributed by atoms with Crippen LogP contribution < -0.4 is 16.0 Å². The number of aliphatic imine (C=N–C) groups is 1. The molecule has 4 rings (SSSR count). The number of nitrogens with zero attached hydrogens (tertiary/aromatic N) is 3. The number of halogens is 1. The van der Waals surface area contributed by atoms with Gasteiger partial charge in [0, 0.05) is 45.2 Å². The van der Waals surface area contributed by atoms with Gasteiger partial charge in [-0.15, -0.1) is 24.0 Å². The van der Waals surface area contributed by atoms with Crippen molar-refractivity contribution in [2.24, 2.45) is 10.9 Å². The molecule has 1 unspecified atom stereocenters. The van der Waals surface area contributed by atoms with Gasteiger partial charge in [0.05, 0.1) is 10.2 Å². The number of likely N-dealkylation sites (tertiary alicyclic amines) is 1. The van der Waals surface area contributed by atoms with Gasteiger partial charge in [0.15, 0.2) is 11.1 Å². The zero-order chi connectivity index (χ0) is 20.1. The number of carbonyl (C=O) groups excluding carboxylic acids is 1.